The van der Waals surface area contributed by atoms with E-state index in [1.807, 2.05) is 19.9 Å². The lowest BCUT2D eigenvalue weighted by Crippen LogP contribution is -2.17. The Bertz CT molecular complexity index is 591. The van der Waals surface area contributed by atoms with Crippen LogP contribution >= 0.6 is 0 Å². The van der Waals surface area contributed by atoms with Gasteiger partial charge in [-0.25, -0.2) is 10.8 Å². The molecule has 6 heteroatoms. The smallest absolute Gasteiger partial charge is 0.274 e. The molecule has 6 nitrogen and oxygen atoms in total. The fourth-order valence-corrected chi connectivity index (χ4v) is 1.70. The zero-order chi connectivity index (χ0) is 13.8. The summed E-state index contributed by atoms with van der Waals surface area (Å²) < 4.78 is 0. The minimum absolute atomic E-state index is 0.290. The highest BCUT2D eigenvalue weighted by atomic mass is 16.1. The molecule has 0 aliphatic rings. The number of pyridine rings is 2. The Morgan fingerprint density at radius 2 is 2.05 bits per heavy atom. The summed E-state index contributed by atoms with van der Waals surface area (Å²) >= 11 is 0. The van der Waals surface area contributed by atoms with Gasteiger partial charge in [-0.1, -0.05) is 6.07 Å². The number of aromatic nitrogens is 2. The lowest BCUT2D eigenvalue weighted by atomic mass is 10.2. The van der Waals surface area contributed by atoms with Crippen molar-refractivity contribution in [2.75, 3.05) is 10.7 Å². The number of aryl methyl sites for hydroxylation is 2. The summed E-state index contributed by atoms with van der Waals surface area (Å²) in [5.41, 5.74) is 5.12. The second-order valence-corrected chi connectivity index (χ2v) is 4.09. The van der Waals surface area contributed by atoms with Gasteiger partial charge in [0.1, 0.15) is 11.5 Å². The fourth-order valence-electron chi connectivity index (χ4n) is 1.70. The van der Waals surface area contributed by atoms with E-state index in [2.05, 4.69) is 20.7 Å². The van der Waals surface area contributed by atoms with Crippen molar-refractivity contribution >= 4 is 17.4 Å². The maximum atomic E-state index is 12.1. The van der Waals surface area contributed by atoms with Gasteiger partial charge < -0.3 is 10.7 Å². The van der Waals surface area contributed by atoms with Gasteiger partial charge in [-0.2, -0.15) is 0 Å². The summed E-state index contributed by atoms with van der Waals surface area (Å²) in [7, 11) is 0. The zero-order valence-corrected chi connectivity index (χ0v) is 10.8. The Balaban J connectivity index is 2.25. The van der Waals surface area contributed by atoms with Gasteiger partial charge in [-0.15, -0.1) is 0 Å². The highest BCUT2D eigenvalue weighted by molar-refractivity contribution is 6.03. The van der Waals surface area contributed by atoms with Gasteiger partial charge in [0.05, 0.1) is 11.4 Å². The molecule has 2 heterocycles. The minimum Gasteiger partial charge on any atom is -0.319 e. The molecule has 0 aliphatic carbocycles. The van der Waals surface area contributed by atoms with Crippen molar-refractivity contribution in [3.63, 3.8) is 0 Å². The van der Waals surface area contributed by atoms with Gasteiger partial charge in [-0.3, -0.25) is 9.78 Å². The van der Waals surface area contributed by atoms with Crippen LogP contribution in [-0.4, -0.2) is 15.9 Å². The third-order valence-electron chi connectivity index (χ3n) is 2.72. The molecule has 4 N–H and O–H groups in total. The molecular formula is C13H15N5O. The molecule has 0 fully saturated rings. The molecule has 0 saturated heterocycles. The lowest BCUT2D eigenvalue weighted by Gasteiger charge is -2.10. The number of rotatable bonds is 3. The highest BCUT2D eigenvalue weighted by Crippen LogP contribution is 2.18. The zero-order valence-electron chi connectivity index (χ0n) is 10.8. The number of hydrogen-bond acceptors (Lipinski definition) is 5. The lowest BCUT2D eigenvalue weighted by molar-refractivity contribution is 0.102. The molecular weight excluding hydrogens is 242 g/mol. The van der Waals surface area contributed by atoms with Gasteiger partial charge in [0.15, 0.2) is 0 Å². The molecule has 98 valence electrons. The fraction of sp³-hybridized carbons (Fsp3) is 0.154. The van der Waals surface area contributed by atoms with Gasteiger partial charge in [0.25, 0.3) is 5.91 Å². The predicted octanol–water partition coefficient (Wildman–Crippen LogP) is 1.63. The maximum Gasteiger partial charge on any atom is 0.274 e. The number of nitrogens with one attached hydrogen (secondary N) is 2. The molecule has 2 aromatic rings. The first-order chi connectivity index (χ1) is 9.11. The van der Waals surface area contributed by atoms with Crippen molar-refractivity contribution in [2.45, 2.75) is 13.8 Å². The Morgan fingerprint density at radius 3 is 2.74 bits per heavy atom. The largest absolute Gasteiger partial charge is 0.319 e. The van der Waals surface area contributed by atoms with Gasteiger partial charge in [0, 0.05) is 6.20 Å². The second kappa shape index (κ2) is 5.45. The van der Waals surface area contributed by atoms with Crippen LogP contribution in [0, 0.1) is 13.8 Å². The van der Waals surface area contributed by atoms with Crippen LogP contribution in [0.4, 0.5) is 11.5 Å². The van der Waals surface area contributed by atoms with Crippen molar-refractivity contribution in [2.24, 2.45) is 5.84 Å². The minimum atomic E-state index is -0.295. The summed E-state index contributed by atoms with van der Waals surface area (Å²) in [6.45, 7) is 3.75. The number of carbonyl (C=O) groups excluding carboxylic acids is 1. The number of nitrogen functional groups attached to an aromatic ring is 1. The normalized spacial score (nSPS) is 10.1. The molecule has 2 aromatic heterocycles. The van der Waals surface area contributed by atoms with E-state index < -0.39 is 0 Å². The number of nitrogens with two attached hydrogens (primary N) is 1. The van der Waals surface area contributed by atoms with E-state index in [0.29, 0.717) is 11.5 Å². The molecule has 0 bridgehead atoms. The predicted molar refractivity (Wildman–Crippen MR) is 73.7 cm³/mol. The summed E-state index contributed by atoms with van der Waals surface area (Å²) in [5.74, 6) is 5.41. The summed E-state index contributed by atoms with van der Waals surface area (Å²) in [4.78, 5) is 20.3. The number of anilines is 2. The van der Waals surface area contributed by atoms with Crippen LogP contribution in [0.3, 0.4) is 0 Å². The van der Waals surface area contributed by atoms with Crippen molar-refractivity contribution in [1.29, 1.82) is 0 Å². The van der Waals surface area contributed by atoms with E-state index >= 15 is 0 Å². The molecule has 0 saturated carbocycles. The van der Waals surface area contributed by atoms with Crippen molar-refractivity contribution in [1.82, 2.24) is 9.97 Å². The number of carbonyl (C=O) groups is 1. The summed E-state index contributed by atoms with van der Waals surface area (Å²) in [6, 6.07) is 6.85. The third kappa shape index (κ3) is 2.86. The quantitative estimate of drug-likeness (QED) is 0.574. The number of hydrogen-bond donors (Lipinski definition) is 3. The first kappa shape index (κ1) is 13.0. The topological polar surface area (TPSA) is 92.9 Å². The van der Waals surface area contributed by atoms with Crippen molar-refractivity contribution in [3.8, 4) is 0 Å². The Kier molecular flexibility index (Phi) is 3.72. The van der Waals surface area contributed by atoms with E-state index in [9.17, 15) is 4.79 Å². The SMILES string of the molecule is Cc1ccnc(C)c1NC(=O)c1cccc(NN)n1. The van der Waals surface area contributed by atoms with Crippen LogP contribution in [0.15, 0.2) is 30.5 Å². The summed E-state index contributed by atoms with van der Waals surface area (Å²) in [6.07, 6.45) is 1.71. The molecule has 2 rings (SSSR count). The van der Waals surface area contributed by atoms with E-state index in [1.165, 1.54) is 0 Å². The average Bonchev–Trinajstić information content (AvgIpc) is 2.43. The standard InChI is InChI=1S/C13H15N5O/c1-8-6-7-15-9(2)12(8)17-13(19)10-4-3-5-11(16-10)18-14/h3-7H,14H2,1-2H3,(H,16,18)(H,17,19). The van der Waals surface area contributed by atoms with Gasteiger partial charge in [0.2, 0.25) is 0 Å². The third-order valence-corrected chi connectivity index (χ3v) is 2.72. The molecule has 0 radical (unpaired) electrons. The van der Waals surface area contributed by atoms with E-state index in [4.69, 9.17) is 5.84 Å². The van der Waals surface area contributed by atoms with Crippen molar-refractivity contribution in [3.05, 3.63) is 47.4 Å². The first-order valence-electron chi connectivity index (χ1n) is 5.79. The van der Waals surface area contributed by atoms with Crippen LogP contribution in [0.5, 0.6) is 0 Å². The molecule has 0 unspecified atom stereocenters. The molecule has 0 spiro atoms. The van der Waals surface area contributed by atoms with E-state index in [1.54, 1.807) is 24.4 Å². The van der Waals surface area contributed by atoms with Crippen LogP contribution < -0.4 is 16.6 Å². The monoisotopic (exact) mass is 257 g/mol. The highest BCUT2D eigenvalue weighted by Gasteiger charge is 2.11. The Labute approximate surface area is 111 Å². The Hall–Kier alpha value is -2.47. The van der Waals surface area contributed by atoms with Gasteiger partial charge in [-0.05, 0) is 37.6 Å². The molecule has 0 aliphatic heterocycles. The maximum absolute atomic E-state index is 12.1. The summed E-state index contributed by atoms with van der Waals surface area (Å²) in [5, 5.41) is 2.81. The molecule has 0 aromatic carbocycles. The van der Waals surface area contributed by atoms with E-state index in [-0.39, 0.29) is 11.6 Å². The first-order valence-corrected chi connectivity index (χ1v) is 5.79. The number of amides is 1. The molecule has 19 heavy (non-hydrogen) atoms. The van der Waals surface area contributed by atoms with Crippen LogP contribution in [0.2, 0.25) is 0 Å². The number of hydrazine groups is 1. The average molecular weight is 257 g/mol. The van der Waals surface area contributed by atoms with Crippen LogP contribution in [-0.2, 0) is 0 Å². The van der Waals surface area contributed by atoms with Gasteiger partial charge >= 0.3 is 0 Å². The van der Waals surface area contributed by atoms with Crippen molar-refractivity contribution < 1.29 is 4.79 Å². The van der Waals surface area contributed by atoms with Crippen LogP contribution in [0.25, 0.3) is 0 Å². The Morgan fingerprint density at radius 1 is 1.26 bits per heavy atom. The molecule has 1 amide bonds. The van der Waals surface area contributed by atoms with Crippen LogP contribution in [0.1, 0.15) is 21.7 Å². The second-order valence-electron chi connectivity index (χ2n) is 4.09. The molecule has 0 atom stereocenters. The number of nitrogens with zero attached hydrogens (tertiary/aromatic N) is 2. The van der Waals surface area contributed by atoms with E-state index in [0.717, 1.165) is 11.3 Å².